The molecule has 1 aromatic carbocycles. The van der Waals surface area contributed by atoms with E-state index in [-0.39, 0.29) is 0 Å². The smallest absolute Gasteiger partial charge is 0.247 e. The summed E-state index contributed by atoms with van der Waals surface area (Å²) in [6, 6.07) is 10.9. The molecule has 0 unspecified atom stereocenters. The van der Waals surface area contributed by atoms with Crippen molar-refractivity contribution < 1.29 is 4.74 Å². The second-order valence-electron chi connectivity index (χ2n) is 6.33. The van der Waals surface area contributed by atoms with Crippen molar-refractivity contribution in [3.05, 3.63) is 47.9 Å². The molecule has 0 aliphatic carbocycles. The third-order valence-corrected chi connectivity index (χ3v) is 4.89. The summed E-state index contributed by atoms with van der Waals surface area (Å²) in [4.78, 5) is 3.51. The molecule has 0 bridgehead atoms. The van der Waals surface area contributed by atoms with E-state index in [1.165, 1.54) is 0 Å². The van der Waals surface area contributed by atoms with Crippen LogP contribution in [0.4, 0.5) is 17.2 Å². The van der Waals surface area contributed by atoms with Gasteiger partial charge in [0, 0.05) is 20.4 Å². The molecule has 0 radical (unpaired) electrons. The van der Waals surface area contributed by atoms with Gasteiger partial charge in [-0.15, -0.1) is 0 Å². The quantitative estimate of drug-likeness (QED) is 0.465. The first-order chi connectivity index (χ1) is 10.5. The van der Waals surface area contributed by atoms with E-state index in [1.807, 2.05) is 30.3 Å². The van der Waals surface area contributed by atoms with Gasteiger partial charge in [0.2, 0.25) is 5.69 Å². The highest BCUT2D eigenvalue weighted by molar-refractivity contribution is 6.76. The fourth-order valence-electron chi connectivity index (χ4n) is 1.87. The number of anilines is 2. The standard InChI is InChI=1S/C16H22N4OSi/c1-17-15-12-18-20(13-21-10-11-22(2,3)4)16(15)19-14-8-6-5-7-9-14/h5-9,12,19H,10-11,13H2,2-4H3. The van der Waals surface area contributed by atoms with Crippen molar-refractivity contribution in [1.29, 1.82) is 0 Å². The highest BCUT2D eigenvalue weighted by Crippen LogP contribution is 2.27. The van der Waals surface area contributed by atoms with Crippen molar-refractivity contribution in [2.45, 2.75) is 32.4 Å². The van der Waals surface area contributed by atoms with Crippen molar-refractivity contribution in [1.82, 2.24) is 9.78 Å². The summed E-state index contributed by atoms with van der Waals surface area (Å²) in [5.41, 5.74) is 1.42. The first-order valence-electron chi connectivity index (χ1n) is 7.33. The van der Waals surface area contributed by atoms with E-state index in [9.17, 15) is 0 Å². The van der Waals surface area contributed by atoms with Crippen LogP contribution in [-0.2, 0) is 11.5 Å². The molecule has 0 aliphatic rings. The van der Waals surface area contributed by atoms with Crippen LogP contribution in [0, 0.1) is 6.57 Å². The Kier molecular flexibility index (Phi) is 5.36. The maximum absolute atomic E-state index is 7.26. The molecule has 5 nitrogen and oxygen atoms in total. The van der Waals surface area contributed by atoms with Gasteiger partial charge in [-0.25, -0.2) is 9.53 Å². The number of ether oxygens (including phenoxy) is 1. The van der Waals surface area contributed by atoms with Crippen molar-refractivity contribution in [3.8, 4) is 0 Å². The summed E-state index contributed by atoms with van der Waals surface area (Å²) in [6.45, 7) is 15.3. The highest BCUT2D eigenvalue weighted by Gasteiger charge is 2.14. The summed E-state index contributed by atoms with van der Waals surface area (Å²) in [6.07, 6.45) is 1.57. The van der Waals surface area contributed by atoms with Gasteiger partial charge in [-0.2, -0.15) is 5.10 Å². The molecule has 0 atom stereocenters. The fourth-order valence-corrected chi connectivity index (χ4v) is 2.63. The first kappa shape index (κ1) is 16.3. The van der Waals surface area contributed by atoms with Gasteiger partial charge in [-0.1, -0.05) is 37.8 Å². The number of rotatable bonds is 7. The lowest BCUT2D eigenvalue weighted by Gasteiger charge is -2.16. The molecular weight excluding hydrogens is 292 g/mol. The van der Waals surface area contributed by atoms with E-state index in [1.54, 1.807) is 10.9 Å². The Morgan fingerprint density at radius 1 is 1.27 bits per heavy atom. The number of hydrogen-bond donors (Lipinski definition) is 1. The van der Waals surface area contributed by atoms with Gasteiger partial charge in [-0.05, 0) is 18.2 Å². The van der Waals surface area contributed by atoms with E-state index >= 15 is 0 Å². The minimum absolute atomic E-state index is 0.356. The van der Waals surface area contributed by atoms with Crippen molar-refractivity contribution in [3.63, 3.8) is 0 Å². The van der Waals surface area contributed by atoms with Crippen molar-refractivity contribution in [2.75, 3.05) is 11.9 Å². The van der Waals surface area contributed by atoms with Gasteiger partial charge < -0.3 is 10.1 Å². The third-order valence-electron chi connectivity index (χ3n) is 3.19. The molecule has 0 saturated carbocycles. The predicted molar refractivity (Wildman–Crippen MR) is 92.3 cm³/mol. The molecule has 0 fully saturated rings. The van der Waals surface area contributed by atoms with Gasteiger partial charge >= 0.3 is 0 Å². The van der Waals surface area contributed by atoms with Crippen molar-refractivity contribution >= 4 is 25.3 Å². The molecule has 2 aromatic rings. The second kappa shape index (κ2) is 7.25. The maximum atomic E-state index is 7.26. The molecule has 6 heteroatoms. The monoisotopic (exact) mass is 314 g/mol. The van der Waals surface area contributed by atoms with Crippen LogP contribution in [0.3, 0.4) is 0 Å². The third kappa shape index (κ3) is 4.72. The summed E-state index contributed by atoms with van der Waals surface area (Å²) in [5.74, 6) is 0.675. The lowest BCUT2D eigenvalue weighted by Crippen LogP contribution is -2.22. The normalized spacial score (nSPS) is 11.2. The Morgan fingerprint density at radius 2 is 2.00 bits per heavy atom. The number of nitrogens with zero attached hydrogens (tertiary/aromatic N) is 3. The predicted octanol–water partition coefficient (Wildman–Crippen LogP) is 4.49. The van der Waals surface area contributed by atoms with E-state index in [0.29, 0.717) is 18.2 Å². The Hall–Kier alpha value is -2.10. The van der Waals surface area contributed by atoms with Crippen LogP contribution in [0.2, 0.25) is 25.7 Å². The lowest BCUT2D eigenvalue weighted by molar-refractivity contribution is 0.0801. The molecule has 0 saturated heterocycles. The zero-order valence-corrected chi connectivity index (χ0v) is 14.3. The molecule has 116 valence electrons. The van der Waals surface area contributed by atoms with Crippen LogP contribution >= 0.6 is 0 Å². The van der Waals surface area contributed by atoms with Crippen molar-refractivity contribution in [2.24, 2.45) is 0 Å². The molecule has 22 heavy (non-hydrogen) atoms. The zero-order chi connectivity index (χ0) is 16.0. The number of aromatic nitrogens is 2. The summed E-state index contributed by atoms with van der Waals surface area (Å²) < 4.78 is 7.42. The van der Waals surface area contributed by atoms with E-state index in [4.69, 9.17) is 11.3 Å². The van der Waals surface area contributed by atoms with Gasteiger partial charge in [0.25, 0.3) is 0 Å². The summed E-state index contributed by atoms with van der Waals surface area (Å²) >= 11 is 0. The van der Waals surface area contributed by atoms with Crippen LogP contribution in [0.15, 0.2) is 36.5 Å². The van der Waals surface area contributed by atoms with E-state index in [0.717, 1.165) is 18.3 Å². The first-order valence-corrected chi connectivity index (χ1v) is 11.0. The Morgan fingerprint density at radius 3 is 2.64 bits per heavy atom. The van der Waals surface area contributed by atoms with Crippen LogP contribution in [0.5, 0.6) is 0 Å². The average molecular weight is 314 g/mol. The number of hydrogen-bond acceptors (Lipinski definition) is 3. The molecule has 1 heterocycles. The van der Waals surface area contributed by atoms with Gasteiger partial charge in [0.15, 0.2) is 0 Å². The molecule has 1 aromatic heterocycles. The highest BCUT2D eigenvalue weighted by atomic mass is 28.3. The average Bonchev–Trinajstić information content (AvgIpc) is 2.86. The topological polar surface area (TPSA) is 43.4 Å². The Labute approximate surface area is 132 Å². The zero-order valence-electron chi connectivity index (χ0n) is 13.3. The summed E-state index contributed by atoms with van der Waals surface area (Å²) in [7, 11) is -1.09. The SMILES string of the molecule is [C-]#[N+]c1cnn(COCC[Si](C)(C)C)c1Nc1ccccc1. The van der Waals surface area contributed by atoms with E-state index < -0.39 is 8.07 Å². The fraction of sp³-hybridized carbons (Fsp3) is 0.375. The van der Waals surface area contributed by atoms with Crippen LogP contribution in [0.25, 0.3) is 4.85 Å². The van der Waals surface area contributed by atoms with E-state index in [2.05, 4.69) is 34.9 Å². The number of para-hydroxylation sites is 1. The molecule has 0 amide bonds. The minimum Gasteiger partial charge on any atom is -0.360 e. The Balaban J connectivity index is 2.03. The Bertz CT molecular complexity index is 640. The number of nitrogens with one attached hydrogen (secondary N) is 1. The molecule has 0 spiro atoms. The molecular formula is C16H22N4OSi. The number of benzene rings is 1. The lowest BCUT2D eigenvalue weighted by atomic mass is 10.3. The minimum atomic E-state index is -1.09. The molecule has 1 N–H and O–H groups in total. The van der Waals surface area contributed by atoms with Crippen LogP contribution in [-0.4, -0.2) is 24.5 Å². The van der Waals surface area contributed by atoms with Gasteiger partial charge in [-0.3, -0.25) is 0 Å². The maximum Gasteiger partial charge on any atom is 0.247 e. The molecule has 0 aliphatic heterocycles. The van der Waals surface area contributed by atoms with Crippen LogP contribution in [0.1, 0.15) is 0 Å². The van der Waals surface area contributed by atoms with Crippen LogP contribution < -0.4 is 5.32 Å². The van der Waals surface area contributed by atoms with Gasteiger partial charge in [0.05, 0.1) is 12.8 Å². The largest absolute Gasteiger partial charge is 0.360 e. The van der Waals surface area contributed by atoms with Gasteiger partial charge in [0.1, 0.15) is 12.5 Å². The molecule has 2 rings (SSSR count). The summed E-state index contributed by atoms with van der Waals surface area (Å²) in [5, 5.41) is 7.49. The second-order valence-corrected chi connectivity index (χ2v) is 12.0.